The molecule has 0 amide bonds. The van der Waals surface area contributed by atoms with E-state index < -0.39 is 11.7 Å². The molecule has 1 aromatic carbocycles. The van der Waals surface area contributed by atoms with Gasteiger partial charge in [-0.1, -0.05) is 49.6 Å². The Labute approximate surface area is 145 Å². The van der Waals surface area contributed by atoms with Gasteiger partial charge in [0.1, 0.15) is 0 Å². The van der Waals surface area contributed by atoms with Crippen LogP contribution in [0.15, 0.2) is 60.7 Å². The van der Waals surface area contributed by atoms with Gasteiger partial charge in [0, 0.05) is 19.5 Å². The van der Waals surface area contributed by atoms with E-state index in [1.165, 1.54) is 13.2 Å². The summed E-state index contributed by atoms with van der Waals surface area (Å²) in [4.78, 5) is 11.3. The van der Waals surface area contributed by atoms with Gasteiger partial charge in [-0.15, -0.1) is 0 Å². The maximum Gasteiger partial charge on any atom is 0.416 e. The molecule has 0 fully saturated rings. The molecule has 0 heterocycles. The highest BCUT2D eigenvalue weighted by molar-refractivity contribution is 5.69. The molecule has 0 unspecified atom stereocenters. The molecule has 0 saturated heterocycles. The Morgan fingerprint density at radius 3 is 2.36 bits per heavy atom. The maximum absolute atomic E-state index is 12.9. The predicted octanol–water partition coefficient (Wildman–Crippen LogP) is 4.11. The number of hydrogen-bond acceptors (Lipinski definition) is 3. The van der Waals surface area contributed by atoms with Crippen LogP contribution in [0.5, 0.6) is 0 Å². The highest BCUT2D eigenvalue weighted by Crippen LogP contribution is 2.29. The lowest BCUT2D eigenvalue weighted by Gasteiger charge is -2.14. The molecule has 0 saturated carbocycles. The third kappa shape index (κ3) is 6.58. The number of alkyl halides is 3. The van der Waals surface area contributed by atoms with Gasteiger partial charge in [-0.2, -0.15) is 13.2 Å². The Morgan fingerprint density at radius 1 is 1.20 bits per heavy atom. The molecule has 0 aromatic heterocycles. The molecular formula is C19H22F3NO2. The second-order valence-corrected chi connectivity index (χ2v) is 5.29. The third-order valence-electron chi connectivity index (χ3n) is 3.68. The van der Waals surface area contributed by atoms with E-state index in [0.29, 0.717) is 13.0 Å². The minimum Gasteiger partial charge on any atom is -0.469 e. The summed E-state index contributed by atoms with van der Waals surface area (Å²) in [5.41, 5.74) is 1.11. The third-order valence-corrected chi connectivity index (χ3v) is 3.68. The van der Waals surface area contributed by atoms with Gasteiger partial charge in [0.25, 0.3) is 0 Å². The highest BCUT2D eigenvalue weighted by Gasteiger charge is 2.33. The fourth-order valence-electron chi connectivity index (χ4n) is 2.35. The standard InChI is InChI=1S/C19H22F3NO2/c1-4-14(17(5-2)19(20,21)22)12-23-13-16-9-7-6-8-15(16)10-11-18(24)25-3/h4-9,23H,1-2,10-13H2,3H3/b17-14-. The van der Waals surface area contributed by atoms with Crippen molar-refractivity contribution in [2.24, 2.45) is 0 Å². The number of rotatable bonds is 9. The van der Waals surface area contributed by atoms with Crippen LogP contribution in [0.2, 0.25) is 0 Å². The average molecular weight is 353 g/mol. The van der Waals surface area contributed by atoms with Crippen LogP contribution in [0.25, 0.3) is 0 Å². The minimum atomic E-state index is -4.47. The van der Waals surface area contributed by atoms with Crippen LogP contribution >= 0.6 is 0 Å². The van der Waals surface area contributed by atoms with Gasteiger partial charge in [0.05, 0.1) is 12.7 Å². The molecule has 0 spiro atoms. The quantitative estimate of drug-likeness (QED) is 0.536. The van der Waals surface area contributed by atoms with Gasteiger partial charge < -0.3 is 10.1 Å². The first-order valence-corrected chi connectivity index (χ1v) is 7.73. The lowest BCUT2D eigenvalue weighted by molar-refractivity contribution is -0.140. The fraction of sp³-hybridized carbons (Fsp3) is 0.316. The van der Waals surface area contributed by atoms with E-state index in [0.717, 1.165) is 17.2 Å². The molecule has 1 aromatic rings. The van der Waals surface area contributed by atoms with Crippen molar-refractivity contribution in [2.75, 3.05) is 13.7 Å². The van der Waals surface area contributed by atoms with E-state index in [-0.39, 0.29) is 24.5 Å². The number of nitrogens with one attached hydrogen (secondary N) is 1. The van der Waals surface area contributed by atoms with E-state index >= 15 is 0 Å². The van der Waals surface area contributed by atoms with E-state index in [1.54, 1.807) is 0 Å². The Hall–Kier alpha value is -2.34. The molecule has 1 rings (SSSR count). The molecule has 0 aliphatic rings. The van der Waals surface area contributed by atoms with Crippen molar-refractivity contribution in [1.29, 1.82) is 0 Å². The number of ether oxygens (including phenoxy) is 1. The molecule has 0 aliphatic heterocycles. The molecule has 136 valence electrons. The highest BCUT2D eigenvalue weighted by atomic mass is 19.4. The van der Waals surface area contributed by atoms with Crippen LogP contribution in [-0.4, -0.2) is 25.8 Å². The van der Waals surface area contributed by atoms with Crippen molar-refractivity contribution < 1.29 is 22.7 Å². The summed E-state index contributed by atoms with van der Waals surface area (Å²) >= 11 is 0. The lowest BCUT2D eigenvalue weighted by atomic mass is 10.0. The van der Waals surface area contributed by atoms with Gasteiger partial charge in [0.15, 0.2) is 0 Å². The predicted molar refractivity (Wildman–Crippen MR) is 92.0 cm³/mol. The Kier molecular flexibility index (Phi) is 8.15. The summed E-state index contributed by atoms with van der Waals surface area (Å²) in [7, 11) is 1.33. The number of hydrogen-bond donors (Lipinski definition) is 1. The van der Waals surface area contributed by atoms with Crippen LogP contribution < -0.4 is 5.32 Å². The summed E-state index contributed by atoms with van der Waals surface area (Å²) < 4.78 is 43.4. The van der Waals surface area contributed by atoms with Crippen LogP contribution in [0.1, 0.15) is 17.5 Å². The Bertz CT molecular complexity index is 648. The number of methoxy groups -OCH3 is 1. The molecule has 0 bridgehead atoms. The Morgan fingerprint density at radius 2 is 1.84 bits per heavy atom. The first-order valence-electron chi connectivity index (χ1n) is 7.73. The number of carbonyl (C=O) groups is 1. The van der Waals surface area contributed by atoms with Gasteiger partial charge in [0.2, 0.25) is 0 Å². The molecule has 1 N–H and O–H groups in total. The van der Waals surface area contributed by atoms with E-state index in [9.17, 15) is 18.0 Å². The summed E-state index contributed by atoms with van der Waals surface area (Å²) in [5, 5.41) is 2.99. The first-order chi connectivity index (χ1) is 11.8. The second-order valence-electron chi connectivity index (χ2n) is 5.29. The summed E-state index contributed by atoms with van der Waals surface area (Å²) in [5.74, 6) is -0.305. The van der Waals surface area contributed by atoms with Crippen LogP contribution in [0, 0.1) is 0 Å². The summed E-state index contributed by atoms with van der Waals surface area (Å²) in [6.07, 6.45) is -1.73. The normalized spacial score (nSPS) is 12.3. The van der Waals surface area contributed by atoms with Crippen LogP contribution in [0.4, 0.5) is 13.2 Å². The number of aryl methyl sites for hydroxylation is 1. The topological polar surface area (TPSA) is 38.3 Å². The molecule has 3 nitrogen and oxygen atoms in total. The smallest absolute Gasteiger partial charge is 0.416 e. The zero-order valence-electron chi connectivity index (χ0n) is 14.2. The largest absolute Gasteiger partial charge is 0.469 e. The zero-order chi connectivity index (χ0) is 18.9. The lowest BCUT2D eigenvalue weighted by Crippen LogP contribution is -2.21. The maximum atomic E-state index is 12.9. The molecule has 25 heavy (non-hydrogen) atoms. The molecule has 6 heteroatoms. The average Bonchev–Trinajstić information content (AvgIpc) is 2.58. The number of halogens is 3. The van der Waals surface area contributed by atoms with E-state index in [4.69, 9.17) is 0 Å². The number of benzene rings is 1. The van der Waals surface area contributed by atoms with E-state index in [2.05, 4.69) is 23.2 Å². The van der Waals surface area contributed by atoms with Crippen molar-refractivity contribution in [1.82, 2.24) is 5.32 Å². The Balaban J connectivity index is 2.78. The molecule has 0 aliphatic carbocycles. The summed E-state index contributed by atoms with van der Waals surface area (Å²) in [6, 6.07) is 7.45. The van der Waals surface area contributed by atoms with Crippen molar-refractivity contribution >= 4 is 5.97 Å². The van der Waals surface area contributed by atoms with Gasteiger partial charge in [-0.25, -0.2) is 0 Å². The number of carbonyl (C=O) groups excluding carboxylic acids is 1. The van der Waals surface area contributed by atoms with Gasteiger partial charge in [-0.3, -0.25) is 4.79 Å². The van der Waals surface area contributed by atoms with Crippen LogP contribution in [-0.2, 0) is 22.5 Å². The zero-order valence-corrected chi connectivity index (χ0v) is 14.2. The van der Waals surface area contributed by atoms with Crippen molar-refractivity contribution in [3.63, 3.8) is 0 Å². The molecule has 0 radical (unpaired) electrons. The van der Waals surface area contributed by atoms with E-state index in [1.807, 2.05) is 24.3 Å². The monoisotopic (exact) mass is 353 g/mol. The first kappa shape index (κ1) is 20.7. The second kappa shape index (κ2) is 9.84. The number of esters is 1. The van der Waals surface area contributed by atoms with Crippen molar-refractivity contribution in [3.05, 3.63) is 71.8 Å². The SMILES string of the molecule is C=C/C(CNCc1ccccc1CCC(=O)OC)=C(\C=C)C(F)(F)F. The van der Waals surface area contributed by atoms with Crippen molar-refractivity contribution in [2.45, 2.75) is 25.6 Å². The minimum absolute atomic E-state index is 0.00962. The number of allylic oxidation sites excluding steroid dienone is 2. The van der Waals surface area contributed by atoms with Gasteiger partial charge in [-0.05, 0) is 23.1 Å². The van der Waals surface area contributed by atoms with Crippen LogP contribution in [0.3, 0.4) is 0 Å². The van der Waals surface area contributed by atoms with Crippen molar-refractivity contribution in [3.8, 4) is 0 Å². The van der Waals surface area contributed by atoms with Gasteiger partial charge >= 0.3 is 12.1 Å². The fourth-order valence-corrected chi connectivity index (χ4v) is 2.35. The molecule has 0 atom stereocenters. The summed E-state index contributed by atoms with van der Waals surface area (Å²) in [6.45, 7) is 7.06. The molecular weight excluding hydrogens is 331 g/mol.